The van der Waals surface area contributed by atoms with Crippen LogP contribution >= 0.6 is 0 Å². The number of quaternary nitrogens is 1. The van der Waals surface area contributed by atoms with Gasteiger partial charge in [0.2, 0.25) is 0 Å². The van der Waals surface area contributed by atoms with E-state index >= 15 is 0 Å². The van der Waals surface area contributed by atoms with Crippen LogP contribution in [0.15, 0.2) is 0 Å². The number of nitrogens with zero attached hydrogens (tertiary/aromatic N) is 3. The van der Waals surface area contributed by atoms with E-state index in [2.05, 4.69) is 27.8 Å². The summed E-state index contributed by atoms with van der Waals surface area (Å²) >= 11 is 0. The van der Waals surface area contributed by atoms with Crippen molar-refractivity contribution in [3.8, 4) is 6.07 Å². The lowest BCUT2D eigenvalue weighted by atomic mass is 10.0. The van der Waals surface area contributed by atoms with Gasteiger partial charge in [-0.1, -0.05) is 6.92 Å². The third-order valence-electron chi connectivity index (χ3n) is 6.90. The summed E-state index contributed by atoms with van der Waals surface area (Å²) in [5.41, 5.74) is 4.90. The van der Waals surface area contributed by atoms with Crippen LogP contribution in [0.2, 0.25) is 0 Å². The molecule has 29 heavy (non-hydrogen) atoms. The first-order valence-electron chi connectivity index (χ1n) is 11.6. The maximum absolute atomic E-state index is 12.6. The van der Waals surface area contributed by atoms with E-state index in [0.29, 0.717) is 12.5 Å². The molecule has 0 unspecified atom stereocenters. The van der Waals surface area contributed by atoms with Gasteiger partial charge >= 0.3 is 0 Å². The van der Waals surface area contributed by atoms with Gasteiger partial charge < -0.3 is 9.80 Å². The third-order valence-corrected chi connectivity index (χ3v) is 6.90. The first kappa shape index (κ1) is 20.2. The second-order valence-electron chi connectivity index (χ2n) is 8.85. The van der Waals surface area contributed by atoms with Crippen molar-refractivity contribution in [1.82, 2.24) is 4.90 Å². The average Bonchev–Trinajstić information content (AvgIpc) is 3.25. The average molecular weight is 398 g/mol. The molecule has 1 aromatic heterocycles. The fraction of sp³-hybridized carbons (Fsp3) is 0.696. The topological polar surface area (TPSA) is 65.9 Å². The normalized spacial score (nSPS) is 19.9. The molecule has 2 N–H and O–H groups in total. The second kappa shape index (κ2) is 9.13. The fourth-order valence-corrected chi connectivity index (χ4v) is 5.29. The number of piperazine rings is 1. The Hall–Kier alpha value is -2.13. The van der Waals surface area contributed by atoms with Gasteiger partial charge in [0.25, 0.3) is 11.7 Å². The molecular weight excluding hydrogens is 362 g/mol. The first-order chi connectivity index (χ1) is 14.2. The molecule has 2 aliphatic heterocycles. The number of nitrogens with one attached hydrogen (secondary N) is 2. The van der Waals surface area contributed by atoms with E-state index < -0.39 is 0 Å². The standard InChI is InChI=1S/C23H33N5O/c1-2-7-21-19-9-6-8-18(19)20(16-24)23(25-21)28-14-12-26(13-15-28)17-22(29)27-10-4-3-5-11-27/h2-15,17H2,1H3/p+2. The molecule has 0 atom stereocenters. The highest BCUT2D eigenvalue weighted by molar-refractivity contribution is 5.77. The number of amides is 1. The van der Waals surface area contributed by atoms with Gasteiger partial charge in [-0.05, 0) is 56.1 Å². The number of likely N-dealkylation sites (tertiary alicyclic amines) is 1. The first-order valence-corrected chi connectivity index (χ1v) is 11.6. The summed E-state index contributed by atoms with van der Waals surface area (Å²) < 4.78 is 0. The zero-order valence-corrected chi connectivity index (χ0v) is 17.9. The summed E-state index contributed by atoms with van der Waals surface area (Å²) in [6, 6.07) is 2.51. The van der Waals surface area contributed by atoms with Crippen molar-refractivity contribution in [2.24, 2.45) is 0 Å². The number of aryl methyl sites for hydroxylation is 1. The molecule has 4 rings (SSSR count). The minimum atomic E-state index is 0.320. The molecule has 3 aliphatic rings. The number of carbonyl (C=O) groups is 1. The molecule has 2 fully saturated rings. The number of H-pyrrole nitrogens is 1. The number of rotatable bonds is 5. The zero-order chi connectivity index (χ0) is 20.2. The fourth-order valence-electron chi connectivity index (χ4n) is 5.29. The summed E-state index contributed by atoms with van der Waals surface area (Å²) in [6.07, 6.45) is 9.03. The van der Waals surface area contributed by atoms with Gasteiger partial charge in [-0.3, -0.25) is 4.79 Å². The highest BCUT2D eigenvalue weighted by Gasteiger charge is 2.34. The van der Waals surface area contributed by atoms with Gasteiger partial charge in [0.1, 0.15) is 43.5 Å². The second-order valence-corrected chi connectivity index (χ2v) is 8.85. The van der Waals surface area contributed by atoms with Crippen molar-refractivity contribution in [2.45, 2.75) is 58.3 Å². The van der Waals surface area contributed by atoms with E-state index in [0.717, 1.165) is 95.6 Å². The number of carbonyl (C=O) groups excluding carboxylic acids is 1. The molecule has 1 amide bonds. The largest absolute Gasteiger partial charge is 0.338 e. The molecule has 0 spiro atoms. The van der Waals surface area contributed by atoms with Crippen molar-refractivity contribution in [1.29, 1.82) is 5.26 Å². The molecular formula is C23H35N5O+2. The molecule has 0 bridgehead atoms. The minimum Gasteiger partial charge on any atom is -0.338 e. The Kier molecular flexibility index (Phi) is 6.34. The number of nitriles is 1. The van der Waals surface area contributed by atoms with Gasteiger partial charge in [-0.25, -0.2) is 9.88 Å². The summed E-state index contributed by atoms with van der Waals surface area (Å²) in [7, 11) is 0. The Labute approximate surface area is 174 Å². The predicted molar refractivity (Wildman–Crippen MR) is 112 cm³/mol. The molecule has 3 heterocycles. The quantitative estimate of drug-likeness (QED) is 0.788. The predicted octanol–water partition coefficient (Wildman–Crippen LogP) is 0.531. The van der Waals surface area contributed by atoms with Gasteiger partial charge in [0.15, 0.2) is 6.54 Å². The highest BCUT2D eigenvalue weighted by Crippen LogP contribution is 2.31. The maximum atomic E-state index is 12.6. The Morgan fingerprint density at radius 3 is 2.48 bits per heavy atom. The number of aromatic amines is 1. The van der Waals surface area contributed by atoms with Gasteiger partial charge in [-0.15, -0.1) is 0 Å². The van der Waals surface area contributed by atoms with Gasteiger partial charge in [0.05, 0.1) is 0 Å². The van der Waals surface area contributed by atoms with Crippen LogP contribution in [0.3, 0.4) is 0 Å². The number of fused-ring (bicyclic) bond motifs is 1. The lowest BCUT2D eigenvalue weighted by Crippen LogP contribution is -3.16. The van der Waals surface area contributed by atoms with Crippen molar-refractivity contribution in [3.63, 3.8) is 0 Å². The molecule has 6 nitrogen and oxygen atoms in total. The number of pyridine rings is 1. The smallest absolute Gasteiger partial charge is 0.293 e. The van der Waals surface area contributed by atoms with Crippen molar-refractivity contribution in [3.05, 3.63) is 22.4 Å². The third kappa shape index (κ3) is 4.25. The van der Waals surface area contributed by atoms with E-state index in [-0.39, 0.29) is 0 Å². The van der Waals surface area contributed by atoms with E-state index in [4.69, 9.17) is 0 Å². The van der Waals surface area contributed by atoms with Crippen LogP contribution in [-0.4, -0.2) is 56.6 Å². The molecule has 2 saturated heterocycles. The Morgan fingerprint density at radius 2 is 1.79 bits per heavy atom. The monoisotopic (exact) mass is 397 g/mol. The summed E-state index contributed by atoms with van der Waals surface area (Å²) in [4.78, 5) is 22.1. The van der Waals surface area contributed by atoms with Gasteiger partial charge in [-0.2, -0.15) is 5.26 Å². The molecule has 6 heteroatoms. The Balaban J connectivity index is 1.44. The highest BCUT2D eigenvalue weighted by atomic mass is 16.2. The SMILES string of the molecule is CCCc1[nH+]c(N2CC[NH+](CC(=O)N3CCCCC3)CC2)c(C#N)c2c1CCC2. The zero-order valence-electron chi connectivity index (χ0n) is 17.9. The molecule has 0 radical (unpaired) electrons. The summed E-state index contributed by atoms with van der Waals surface area (Å²) in [5.74, 6) is 1.35. The number of aromatic nitrogens is 1. The van der Waals surface area contributed by atoms with Crippen LogP contribution in [0.5, 0.6) is 0 Å². The molecule has 156 valence electrons. The molecule has 0 saturated carbocycles. The Morgan fingerprint density at radius 1 is 1.07 bits per heavy atom. The van der Waals surface area contributed by atoms with Crippen molar-refractivity contribution < 1.29 is 14.7 Å². The number of anilines is 1. The lowest BCUT2D eigenvalue weighted by Gasteiger charge is -2.31. The van der Waals surface area contributed by atoms with E-state index in [1.54, 1.807) is 0 Å². The van der Waals surface area contributed by atoms with Crippen LogP contribution in [0, 0.1) is 11.3 Å². The maximum Gasteiger partial charge on any atom is 0.293 e. The van der Waals surface area contributed by atoms with Crippen LogP contribution < -0.4 is 14.8 Å². The molecule has 0 aromatic carbocycles. The minimum absolute atomic E-state index is 0.320. The van der Waals surface area contributed by atoms with Crippen molar-refractivity contribution in [2.75, 3.05) is 50.7 Å². The number of hydrogen-bond acceptors (Lipinski definition) is 3. The van der Waals surface area contributed by atoms with E-state index in [9.17, 15) is 10.1 Å². The van der Waals surface area contributed by atoms with E-state index in [1.165, 1.54) is 28.1 Å². The van der Waals surface area contributed by atoms with Crippen LogP contribution in [0.4, 0.5) is 5.82 Å². The van der Waals surface area contributed by atoms with Gasteiger partial charge in [0, 0.05) is 19.5 Å². The summed E-state index contributed by atoms with van der Waals surface area (Å²) in [5, 5.41) is 9.90. The van der Waals surface area contributed by atoms with Crippen LogP contribution in [0.1, 0.15) is 61.4 Å². The summed E-state index contributed by atoms with van der Waals surface area (Å²) in [6.45, 7) is 8.43. The molecule has 1 aliphatic carbocycles. The van der Waals surface area contributed by atoms with E-state index in [1.807, 2.05) is 0 Å². The molecule has 1 aromatic rings. The van der Waals surface area contributed by atoms with Crippen LogP contribution in [-0.2, 0) is 24.1 Å². The van der Waals surface area contributed by atoms with Crippen LogP contribution in [0.25, 0.3) is 0 Å². The number of hydrogen-bond donors (Lipinski definition) is 1. The Bertz CT molecular complexity index is 785. The number of piperidine rings is 1. The van der Waals surface area contributed by atoms with Crippen molar-refractivity contribution >= 4 is 11.7 Å². The lowest BCUT2D eigenvalue weighted by molar-refractivity contribution is -0.892.